The largest absolute Gasteiger partial charge is 0.464 e. The molecule has 0 radical (unpaired) electrons. The molecule has 0 rings (SSSR count). The maximum atomic E-state index is 10.2. The highest BCUT2D eigenvalue weighted by molar-refractivity contribution is 5.37. The molecule has 2 heteroatoms. The summed E-state index contributed by atoms with van der Waals surface area (Å²) in [7, 11) is 0. The maximum absolute atomic E-state index is 10.2. The molecule has 0 aliphatic rings. The van der Waals surface area contributed by atoms with E-state index in [1.165, 1.54) is 0 Å². The van der Waals surface area contributed by atoms with E-state index in [-0.39, 0.29) is 11.5 Å². The minimum absolute atomic E-state index is 0.0277. The van der Waals surface area contributed by atoms with Crippen molar-refractivity contribution >= 4 is 6.47 Å². The second-order valence-electron chi connectivity index (χ2n) is 3.63. The summed E-state index contributed by atoms with van der Waals surface area (Å²) in [6, 6.07) is 0. The van der Waals surface area contributed by atoms with Crippen molar-refractivity contribution in [3.63, 3.8) is 0 Å². The molecule has 0 aliphatic heterocycles. The van der Waals surface area contributed by atoms with Crippen LogP contribution in [0.2, 0.25) is 0 Å². The number of carbonyl (C=O) groups excluding carboxylic acids is 1. The lowest BCUT2D eigenvalue weighted by Gasteiger charge is -2.32. The first-order valence-corrected chi connectivity index (χ1v) is 4.69. The average Bonchev–Trinajstić information content (AvgIpc) is 2.05. The lowest BCUT2D eigenvalue weighted by atomic mass is 9.78. The van der Waals surface area contributed by atoms with E-state index in [9.17, 15) is 4.79 Å². The van der Waals surface area contributed by atoms with Gasteiger partial charge in [0.2, 0.25) is 0 Å². The van der Waals surface area contributed by atoms with Gasteiger partial charge in [0.25, 0.3) is 6.47 Å². The number of hydrogen-bond donors (Lipinski definition) is 0. The summed E-state index contributed by atoms with van der Waals surface area (Å²) >= 11 is 0. The van der Waals surface area contributed by atoms with Gasteiger partial charge in [0.15, 0.2) is 0 Å². The zero-order valence-corrected chi connectivity index (χ0v) is 8.59. The molecule has 0 amide bonds. The Hall–Kier alpha value is -0.530. The summed E-state index contributed by atoms with van der Waals surface area (Å²) in [5.41, 5.74) is 0.148. The van der Waals surface area contributed by atoms with E-state index in [1.54, 1.807) is 0 Å². The van der Waals surface area contributed by atoms with Crippen LogP contribution in [0, 0.1) is 5.41 Å². The summed E-state index contributed by atoms with van der Waals surface area (Å²) in [6.45, 7) is 8.98. The SMILES string of the molecule is CCCC(C)(CC)C(C)OC=O. The molecule has 0 aliphatic carbocycles. The van der Waals surface area contributed by atoms with Gasteiger partial charge >= 0.3 is 0 Å². The van der Waals surface area contributed by atoms with Crippen LogP contribution in [-0.2, 0) is 9.53 Å². The Labute approximate surface area is 75.3 Å². The van der Waals surface area contributed by atoms with E-state index in [0.717, 1.165) is 19.3 Å². The van der Waals surface area contributed by atoms with Gasteiger partial charge in [-0.05, 0) is 19.8 Å². The third-order valence-electron chi connectivity index (χ3n) is 2.87. The van der Waals surface area contributed by atoms with Gasteiger partial charge in [-0.15, -0.1) is 0 Å². The summed E-state index contributed by atoms with van der Waals surface area (Å²) in [5.74, 6) is 0. The monoisotopic (exact) mass is 172 g/mol. The molecule has 0 spiro atoms. The zero-order valence-electron chi connectivity index (χ0n) is 8.59. The highest BCUT2D eigenvalue weighted by atomic mass is 16.5. The van der Waals surface area contributed by atoms with E-state index in [0.29, 0.717) is 6.47 Å². The highest BCUT2D eigenvalue weighted by Crippen LogP contribution is 2.32. The molecule has 72 valence electrons. The van der Waals surface area contributed by atoms with Crippen LogP contribution >= 0.6 is 0 Å². The minimum atomic E-state index is 0.0277. The Kier molecular flexibility index (Phi) is 4.95. The summed E-state index contributed by atoms with van der Waals surface area (Å²) < 4.78 is 4.97. The van der Waals surface area contributed by atoms with Crippen molar-refractivity contribution < 1.29 is 9.53 Å². The highest BCUT2D eigenvalue weighted by Gasteiger charge is 2.29. The number of rotatable bonds is 6. The quantitative estimate of drug-likeness (QED) is 0.576. The van der Waals surface area contributed by atoms with Crippen LogP contribution in [0.25, 0.3) is 0 Å². The lowest BCUT2D eigenvalue weighted by Crippen LogP contribution is -2.31. The van der Waals surface area contributed by atoms with Crippen LogP contribution in [0.4, 0.5) is 0 Å². The standard InChI is InChI=1S/C10H20O2/c1-5-7-10(4,6-2)9(3)12-8-11/h8-9H,5-7H2,1-4H3. The van der Waals surface area contributed by atoms with E-state index in [4.69, 9.17) is 4.74 Å². The molecule has 0 aromatic rings. The lowest BCUT2D eigenvalue weighted by molar-refractivity contribution is -0.139. The number of carbonyl (C=O) groups is 1. The molecule has 2 nitrogen and oxygen atoms in total. The first kappa shape index (κ1) is 11.5. The smallest absolute Gasteiger partial charge is 0.293 e. The fourth-order valence-electron chi connectivity index (χ4n) is 1.49. The Balaban J connectivity index is 4.17. The van der Waals surface area contributed by atoms with Crippen molar-refractivity contribution in [1.29, 1.82) is 0 Å². The molecule has 2 unspecified atom stereocenters. The summed E-state index contributed by atoms with van der Waals surface area (Å²) in [4.78, 5) is 10.2. The third kappa shape index (κ3) is 2.84. The van der Waals surface area contributed by atoms with Crippen LogP contribution in [0.3, 0.4) is 0 Å². The molecule has 0 aromatic heterocycles. The van der Waals surface area contributed by atoms with E-state index in [2.05, 4.69) is 20.8 Å². The Bertz CT molecular complexity index is 134. The van der Waals surface area contributed by atoms with Crippen LogP contribution in [-0.4, -0.2) is 12.6 Å². The molecule has 2 atom stereocenters. The zero-order chi connectivity index (χ0) is 9.61. The molecule has 12 heavy (non-hydrogen) atoms. The van der Waals surface area contributed by atoms with E-state index < -0.39 is 0 Å². The van der Waals surface area contributed by atoms with Crippen molar-refractivity contribution in [2.75, 3.05) is 0 Å². The Morgan fingerprint density at radius 1 is 1.50 bits per heavy atom. The molecule has 0 saturated carbocycles. The van der Waals surface area contributed by atoms with Gasteiger partial charge in [-0.3, -0.25) is 4.79 Å². The molecule has 0 fully saturated rings. The van der Waals surface area contributed by atoms with Crippen molar-refractivity contribution in [2.24, 2.45) is 5.41 Å². The van der Waals surface area contributed by atoms with Gasteiger partial charge in [-0.2, -0.15) is 0 Å². The molecule has 0 N–H and O–H groups in total. The second kappa shape index (κ2) is 5.18. The maximum Gasteiger partial charge on any atom is 0.293 e. The van der Waals surface area contributed by atoms with E-state index in [1.807, 2.05) is 6.92 Å². The van der Waals surface area contributed by atoms with Gasteiger partial charge < -0.3 is 4.74 Å². The molecule has 0 saturated heterocycles. The third-order valence-corrected chi connectivity index (χ3v) is 2.87. The predicted octanol–water partition coefficient (Wildman–Crippen LogP) is 2.76. The Morgan fingerprint density at radius 3 is 2.42 bits per heavy atom. The topological polar surface area (TPSA) is 26.3 Å². The molecule has 0 aromatic carbocycles. The van der Waals surface area contributed by atoms with Gasteiger partial charge in [0.05, 0.1) is 0 Å². The van der Waals surface area contributed by atoms with Gasteiger partial charge in [-0.1, -0.05) is 27.2 Å². The molecule has 0 heterocycles. The van der Waals surface area contributed by atoms with Crippen LogP contribution in [0.1, 0.15) is 47.0 Å². The summed E-state index contributed by atoms with van der Waals surface area (Å²) in [6.07, 6.45) is 3.32. The van der Waals surface area contributed by atoms with Crippen molar-refractivity contribution in [3.05, 3.63) is 0 Å². The van der Waals surface area contributed by atoms with Gasteiger partial charge in [-0.25, -0.2) is 0 Å². The fourth-order valence-corrected chi connectivity index (χ4v) is 1.49. The fraction of sp³-hybridized carbons (Fsp3) is 0.900. The Morgan fingerprint density at radius 2 is 2.08 bits per heavy atom. The number of hydrogen-bond acceptors (Lipinski definition) is 2. The first-order valence-electron chi connectivity index (χ1n) is 4.69. The molecule has 0 bridgehead atoms. The van der Waals surface area contributed by atoms with Crippen molar-refractivity contribution in [3.8, 4) is 0 Å². The van der Waals surface area contributed by atoms with Crippen molar-refractivity contribution in [2.45, 2.75) is 53.1 Å². The van der Waals surface area contributed by atoms with Gasteiger partial charge in [0, 0.05) is 5.41 Å². The normalized spacial score (nSPS) is 18.0. The van der Waals surface area contributed by atoms with Gasteiger partial charge in [0.1, 0.15) is 6.10 Å². The second-order valence-corrected chi connectivity index (χ2v) is 3.63. The first-order chi connectivity index (χ1) is 5.60. The van der Waals surface area contributed by atoms with Crippen LogP contribution in [0.5, 0.6) is 0 Å². The van der Waals surface area contributed by atoms with Crippen LogP contribution in [0.15, 0.2) is 0 Å². The average molecular weight is 172 g/mol. The molecular formula is C10H20O2. The number of ether oxygens (including phenoxy) is 1. The molecular weight excluding hydrogens is 152 g/mol. The minimum Gasteiger partial charge on any atom is -0.464 e. The van der Waals surface area contributed by atoms with Crippen molar-refractivity contribution in [1.82, 2.24) is 0 Å². The predicted molar refractivity (Wildman–Crippen MR) is 49.9 cm³/mol. The van der Waals surface area contributed by atoms with Crippen LogP contribution < -0.4 is 0 Å². The van der Waals surface area contributed by atoms with E-state index >= 15 is 0 Å². The summed E-state index contributed by atoms with van der Waals surface area (Å²) in [5, 5.41) is 0.